The quantitative estimate of drug-likeness (QED) is 0.300. The molecule has 0 unspecified atom stereocenters. The summed E-state index contributed by atoms with van der Waals surface area (Å²) in [5, 5.41) is 10.8. The number of methoxy groups -OCH3 is 1. The molecule has 236 valence electrons. The summed E-state index contributed by atoms with van der Waals surface area (Å²) in [7, 11) is -2.49. The Morgan fingerprint density at radius 1 is 1.02 bits per heavy atom. The second-order valence-corrected chi connectivity index (χ2v) is 12.9. The maximum Gasteiger partial charge on any atom is 0.573 e. The van der Waals surface area contributed by atoms with Gasteiger partial charge in [0.1, 0.15) is 5.75 Å². The van der Waals surface area contributed by atoms with E-state index in [1.54, 1.807) is 19.2 Å². The number of hydrogen-bond donors (Lipinski definition) is 2. The van der Waals surface area contributed by atoms with E-state index in [0.717, 1.165) is 30.0 Å². The summed E-state index contributed by atoms with van der Waals surface area (Å²) in [4.78, 5) is 29.4. The zero-order valence-electron chi connectivity index (χ0n) is 23.6. The number of amides is 2. The summed E-state index contributed by atoms with van der Waals surface area (Å²) in [6, 6.07) is 10.5. The molecule has 0 saturated carbocycles. The van der Waals surface area contributed by atoms with Gasteiger partial charge in [0.15, 0.2) is 14.6 Å². The number of piperidine rings is 2. The van der Waals surface area contributed by atoms with Crippen LogP contribution < -0.4 is 20.4 Å². The fourth-order valence-corrected chi connectivity index (χ4v) is 7.47. The molecule has 2 saturated heterocycles. The predicted octanol–water partition coefficient (Wildman–Crippen LogP) is 2.96. The summed E-state index contributed by atoms with van der Waals surface area (Å²) < 4.78 is 71.6. The van der Waals surface area contributed by atoms with Crippen molar-refractivity contribution in [3.05, 3.63) is 48.5 Å². The van der Waals surface area contributed by atoms with Crippen molar-refractivity contribution in [3.8, 4) is 5.75 Å². The summed E-state index contributed by atoms with van der Waals surface area (Å²) in [5.41, 5.74) is 6.42. The fourth-order valence-electron chi connectivity index (χ4n) is 5.54. The van der Waals surface area contributed by atoms with E-state index in [2.05, 4.69) is 4.74 Å². The first-order valence-corrected chi connectivity index (χ1v) is 15.3. The van der Waals surface area contributed by atoms with Gasteiger partial charge >= 0.3 is 6.36 Å². The average molecular weight is 629 g/mol. The maximum absolute atomic E-state index is 13.7. The van der Waals surface area contributed by atoms with Crippen molar-refractivity contribution in [2.45, 2.75) is 41.7 Å². The van der Waals surface area contributed by atoms with Crippen molar-refractivity contribution in [2.75, 3.05) is 56.4 Å². The summed E-state index contributed by atoms with van der Waals surface area (Å²) >= 11 is 0. The minimum Gasteiger partial charge on any atom is -0.406 e. The van der Waals surface area contributed by atoms with Gasteiger partial charge in [0, 0.05) is 51.4 Å². The number of anilines is 2. The van der Waals surface area contributed by atoms with E-state index in [9.17, 15) is 36.4 Å². The normalized spacial score (nSPS) is 18.3. The van der Waals surface area contributed by atoms with Gasteiger partial charge in [-0.25, -0.2) is 8.42 Å². The van der Waals surface area contributed by atoms with E-state index in [0.29, 0.717) is 57.2 Å². The van der Waals surface area contributed by atoms with Gasteiger partial charge < -0.3 is 25.0 Å². The van der Waals surface area contributed by atoms with Gasteiger partial charge in [0.2, 0.25) is 5.91 Å². The van der Waals surface area contributed by atoms with Crippen LogP contribution in [0.5, 0.6) is 5.75 Å². The van der Waals surface area contributed by atoms with Gasteiger partial charge in [-0.05, 0) is 74.2 Å². The molecule has 15 heteroatoms. The van der Waals surface area contributed by atoms with Crippen LogP contribution in [0.25, 0.3) is 0 Å². The summed E-state index contributed by atoms with van der Waals surface area (Å²) in [6.07, 6.45) is -3.91. The number of alkyl halides is 3. The summed E-state index contributed by atoms with van der Waals surface area (Å²) in [5.74, 6) is -2.46. The fraction of sp³-hybridized carbons (Fsp3) is 0.500. The highest BCUT2D eigenvalue weighted by Crippen LogP contribution is 2.36. The zero-order valence-corrected chi connectivity index (χ0v) is 24.4. The largest absolute Gasteiger partial charge is 0.573 e. The SMILES string of the molecule is COCCN1CCC(C(N)=O)(S(=O)(=O)c2ccc(N3CCC(C(=O)N(O)c4ccc(OC(F)(F)F)cc4)CC3)cc2)CC1. The predicted molar refractivity (Wildman–Crippen MR) is 150 cm³/mol. The highest BCUT2D eigenvalue weighted by molar-refractivity contribution is 7.93. The van der Waals surface area contributed by atoms with E-state index in [4.69, 9.17) is 10.5 Å². The number of primary amides is 1. The zero-order chi connectivity index (χ0) is 31.4. The Bertz CT molecular complexity index is 1370. The first kappa shape index (κ1) is 32.5. The Morgan fingerprint density at radius 3 is 2.12 bits per heavy atom. The Labute approximate surface area is 247 Å². The van der Waals surface area contributed by atoms with Crippen LogP contribution in [0.2, 0.25) is 0 Å². The number of likely N-dealkylation sites (tertiary alicyclic amines) is 1. The molecule has 0 radical (unpaired) electrons. The molecule has 2 amide bonds. The smallest absolute Gasteiger partial charge is 0.406 e. The number of hydroxylamine groups is 1. The molecule has 43 heavy (non-hydrogen) atoms. The molecule has 3 N–H and O–H groups in total. The third kappa shape index (κ3) is 7.22. The Kier molecular flexibility index (Phi) is 9.89. The lowest BCUT2D eigenvalue weighted by Crippen LogP contribution is -2.57. The maximum atomic E-state index is 13.7. The van der Waals surface area contributed by atoms with Crippen LogP contribution in [0, 0.1) is 5.92 Å². The molecule has 2 fully saturated rings. The Balaban J connectivity index is 1.36. The van der Waals surface area contributed by atoms with Crippen LogP contribution in [0.1, 0.15) is 25.7 Å². The molecule has 2 aliphatic rings. The third-order valence-electron chi connectivity index (χ3n) is 8.12. The number of rotatable bonds is 10. The minimum atomic E-state index is -4.85. The number of sulfone groups is 1. The first-order chi connectivity index (χ1) is 20.3. The van der Waals surface area contributed by atoms with Gasteiger partial charge in [-0.15, -0.1) is 13.2 Å². The number of carbonyl (C=O) groups excluding carboxylic acids is 2. The number of benzene rings is 2. The molecule has 4 rings (SSSR count). The molecular weight excluding hydrogens is 593 g/mol. The summed E-state index contributed by atoms with van der Waals surface area (Å²) in [6.45, 7) is 2.82. The molecule has 0 aromatic heterocycles. The van der Waals surface area contributed by atoms with Gasteiger partial charge in [0.25, 0.3) is 5.91 Å². The van der Waals surface area contributed by atoms with Crippen molar-refractivity contribution in [1.29, 1.82) is 0 Å². The van der Waals surface area contributed by atoms with Crippen molar-refractivity contribution in [2.24, 2.45) is 11.7 Å². The van der Waals surface area contributed by atoms with Crippen molar-refractivity contribution < 1.29 is 45.9 Å². The number of carbonyl (C=O) groups is 2. The molecule has 2 heterocycles. The van der Waals surface area contributed by atoms with E-state index in [1.165, 1.54) is 12.1 Å². The van der Waals surface area contributed by atoms with Crippen LogP contribution >= 0.6 is 0 Å². The van der Waals surface area contributed by atoms with Crippen molar-refractivity contribution >= 4 is 33.0 Å². The molecule has 0 aliphatic carbocycles. The first-order valence-electron chi connectivity index (χ1n) is 13.8. The molecule has 0 atom stereocenters. The molecular formula is C28H35F3N4O7S. The monoisotopic (exact) mass is 628 g/mol. The molecule has 2 aromatic carbocycles. The molecule has 0 spiro atoms. The van der Waals surface area contributed by atoms with Crippen molar-refractivity contribution in [3.63, 3.8) is 0 Å². The Morgan fingerprint density at radius 2 is 1.60 bits per heavy atom. The van der Waals surface area contributed by atoms with Crippen LogP contribution in [0.4, 0.5) is 24.5 Å². The molecule has 0 bridgehead atoms. The molecule has 2 aromatic rings. The lowest BCUT2D eigenvalue weighted by Gasteiger charge is -2.39. The van der Waals surface area contributed by atoms with Crippen LogP contribution in [-0.2, 0) is 24.2 Å². The van der Waals surface area contributed by atoms with Gasteiger partial charge in [0.05, 0.1) is 17.2 Å². The number of halogens is 3. The topological polar surface area (TPSA) is 143 Å². The standard InChI is InChI=1S/C28H35F3N4O7S/c1-41-19-18-33-16-12-27(13-17-33,26(32)37)43(39,40)24-8-4-21(5-9-24)34-14-10-20(11-15-34)25(36)35(38)22-2-6-23(7-3-22)42-28(29,30)31/h2-9,20,38H,10-19H2,1H3,(H2,32,37). The van der Waals surface area contributed by atoms with E-state index >= 15 is 0 Å². The molecule has 11 nitrogen and oxygen atoms in total. The van der Waals surface area contributed by atoms with E-state index in [-0.39, 0.29) is 23.4 Å². The van der Waals surface area contributed by atoms with Gasteiger partial charge in [-0.2, -0.15) is 5.06 Å². The number of hydrogen-bond acceptors (Lipinski definition) is 9. The number of nitrogens with zero attached hydrogens (tertiary/aromatic N) is 3. The lowest BCUT2D eigenvalue weighted by molar-refractivity contribution is -0.274. The highest BCUT2D eigenvalue weighted by Gasteiger charge is 2.51. The van der Waals surface area contributed by atoms with Gasteiger partial charge in [-0.1, -0.05) is 0 Å². The van der Waals surface area contributed by atoms with Crippen LogP contribution in [-0.4, -0.2) is 87.9 Å². The van der Waals surface area contributed by atoms with Crippen molar-refractivity contribution in [1.82, 2.24) is 4.90 Å². The number of ether oxygens (including phenoxy) is 2. The van der Waals surface area contributed by atoms with Crippen LogP contribution in [0.3, 0.4) is 0 Å². The second-order valence-electron chi connectivity index (χ2n) is 10.6. The third-order valence-corrected chi connectivity index (χ3v) is 10.6. The van der Waals surface area contributed by atoms with E-state index in [1.807, 2.05) is 9.80 Å². The van der Waals surface area contributed by atoms with Crippen LogP contribution in [0.15, 0.2) is 53.4 Å². The lowest BCUT2D eigenvalue weighted by atomic mass is 9.95. The van der Waals surface area contributed by atoms with Gasteiger partial charge in [-0.3, -0.25) is 14.8 Å². The highest BCUT2D eigenvalue weighted by atomic mass is 32.2. The average Bonchev–Trinajstić information content (AvgIpc) is 2.99. The second kappa shape index (κ2) is 13.1. The Hall–Kier alpha value is -3.40. The van der Waals surface area contributed by atoms with E-state index < -0.39 is 44.4 Å². The molecule has 2 aliphatic heterocycles. The minimum absolute atomic E-state index is 0.00743. The number of nitrogens with two attached hydrogens (primary N) is 1.